The third-order valence-electron chi connectivity index (χ3n) is 4.25. The Morgan fingerprint density at radius 1 is 1.33 bits per heavy atom. The van der Waals surface area contributed by atoms with E-state index in [9.17, 15) is 14.0 Å². The predicted octanol–water partition coefficient (Wildman–Crippen LogP) is 2.13. The molecule has 2 rings (SSSR count). The molecular formula is C17H24FN3O2S. The number of hydrogen-bond acceptors (Lipinski definition) is 4. The van der Waals surface area contributed by atoms with Crippen LogP contribution in [0.2, 0.25) is 0 Å². The van der Waals surface area contributed by atoms with E-state index in [1.54, 1.807) is 6.92 Å². The van der Waals surface area contributed by atoms with Crippen molar-refractivity contribution in [3.8, 4) is 0 Å². The number of carbonyl (C=O) groups excluding carboxylic acids is 2. The fourth-order valence-corrected chi connectivity index (χ4v) is 3.51. The molecule has 0 spiro atoms. The van der Waals surface area contributed by atoms with E-state index in [0.717, 1.165) is 19.3 Å². The zero-order valence-corrected chi connectivity index (χ0v) is 14.6. The summed E-state index contributed by atoms with van der Waals surface area (Å²) in [6, 6.07) is 5.73. The first-order valence-corrected chi connectivity index (χ1v) is 9.22. The van der Waals surface area contributed by atoms with E-state index in [0.29, 0.717) is 18.2 Å². The molecule has 0 heterocycles. The number of rotatable bonds is 7. The number of benzene rings is 1. The van der Waals surface area contributed by atoms with Crippen molar-refractivity contribution in [2.45, 2.75) is 37.5 Å². The Balaban J connectivity index is 1.73. The SMILES string of the molecule is CC(SCC(=O)Nc1ccc(F)cc1)C(=O)NC1CCCC1CN. The van der Waals surface area contributed by atoms with Gasteiger partial charge < -0.3 is 16.4 Å². The van der Waals surface area contributed by atoms with Crippen molar-refractivity contribution in [3.05, 3.63) is 30.1 Å². The molecule has 5 nitrogen and oxygen atoms in total. The first kappa shape index (κ1) is 18.7. The van der Waals surface area contributed by atoms with E-state index in [2.05, 4.69) is 10.6 Å². The molecule has 24 heavy (non-hydrogen) atoms. The van der Waals surface area contributed by atoms with Crippen LogP contribution in [0, 0.1) is 11.7 Å². The summed E-state index contributed by atoms with van der Waals surface area (Å²) in [5, 5.41) is 5.41. The summed E-state index contributed by atoms with van der Waals surface area (Å²) >= 11 is 1.28. The van der Waals surface area contributed by atoms with Gasteiger partial charge in [0.2, 0.25) is 11.8 Å². The fraction of sp³-hybridized carbons (Fsp3) is 0.529. The molecule has 1 saturated carbocycles. The van der Waals surface area contributed by atoms with Crippen LogP contribution in [0.4, 0.5) is 10.1 Å². The molecule has 7 heteroatoms. The highest BCUT2D eigenvalue weighted by Gasteiger charge is 2.28. The molecule has 1 aromatic rings. The van der Waals surface area contributed by atoms with Gasteiger partial charge in [0, 0.05) is 11.7 Å². The first-order chi connectivity index (χ1) is 11.5. The summed E-state index contributed by atoms with van der Waals surface area (Å²) in [6.07, 6.45) is 3.12. The van der Waals surface area contributed by atoms with Crippen molar-refractivity contribution in [2.24, 2.45) is 11.7 Å². The molecule has 0 saturated heterocycles. The van der Waals surface area contributed by atoms with Gasteiger partial charge in [-0.2, -0.15) is 0 Å². The van der Waals surface area contributed by atoms with Crippen LogP contribution in [0.5, 0.6) is 0 Å². The summed E-state index contributed by atoms with van der Waals surface area (Å²) in [6.45, 7) is 2.38. The fourth-order valence-electron chi connectivity index (χ4n) is 2.82. The average Bonchev–Trinajstić information content (AvgIpc) is 3.01. The molecule has 3 unspecified atom stereocenters. The van der Waals surface area contributed by atoms with Gasteiger partial charge in [0.05, 0.1) is 11.0 Å². The van der Waals surface area contributed by atoms with Gasteiger partial charge in [-0.25, -0.2) is 4.39 Å². The number of thioether (sulfide) groups is 1. The molecule has 0 aliphatic heterocycles. The minimum absolute atomic E-state index is 0.0556. The van der Waals surface area contributed by atoms with E-state index in [1.165, 1.54) is 36.0 Å². The highest BCUT2D eigenvalue weighted by molar-refractivity contribution is 8.01. The van der Waals surface area contributed by atoms with Gasteiger partial charge in [0.1, 0.15) is 5.82 Å². The number of amides is 2. The molecule has 2 amide bonds. The Hall–Kier alpha value is -1.60. The van der Waals surface area contributed by atoms with Gasteiger partial charge in [-0.3, -0.25) is 9.59 Å². The van der Waals surface area contributed by atoms with Crippen molar-refractivity contribution in [1.29, 1.82) is 0 Å². The van der Waals surface area contributed by atoms with Gasteiger partial charge in [-0.15, -0.1) is 11.8 Å². The second-order valence-electron chi connectivity index (χ2n) is 6.05. The van der Waals surface area contributed by atoms with Crippen LogP contribution in [0.1, 0.15) is 26.2 Å². The van der Waals surface area contributed by atoms with Crippen LogP contribution in [-0.4, -0.2) is 35.4 Å². The molecule has 1 aromatic carbocycles. The van der Waals surface area contributed by atoms with E-state index in [-0.39, 0.29) is 34.7 Å². The third-order valence-corrected chi connectivity index (χ3v) is 5.39. The Bertz CT molecular complexity index is 567. The van der Waals surface area contributed by atoms with Gasteiger partial charge in [0.15, 0.2) is 0 Å². The van der Waals surface area contributed by atoms with Crippen molar-refractivity contribution in [2.75, 3.05) is 17.6 Å². The Morgan fingerprint density at radius 2 is 2.04 bits per heavy atom. The summed E-state index contributed by atoms with van der Waals surface area (Å²) in [5.74, 6) is -0.105. The molecule has 0 radical (unpaired) electrons. The molecule has 3 atom stereocenters. The molecule has 1 fully saturated rings. The quantitative estimate of drug-likeness (QED) is 0.701. The van der Waals surface area contributed by atoms with Gasteiger partial charge in [0.25, 0.3) is 0 Å². The summed E-state index contributed by atoms with van der Waals surface area (Å²) < 4.78 is 12.8. The second kappa shape index (κ2) is 9.03. The first-order valence-electron chi connectivity index (χ1n) is 8.17. The molecule has 132 valence electrons. The largest absolute Gasteiger partial charge is 0.352 e. The number of carbonyl (C=O) groups is 2. The van der Waals surface area contributed by atoms with Crippen LogP contribution in [-0.2, 0) is 9.59 Å². The van der Waals surface area contributed by atoms with Crippen molar-refractivity contribution in [3.63, 3.8) is 0 Å². The lowest BCUT2D eigenvalue weighted by Crippen LogP contribution is -2.43. The summed E-state index contributed by atoms with van der Waals surface area (Å²) in [4.78, 5) is 24.1. The lowest BCUT2D eigenvalue weighted by atomic mass is 10.0. The third kappa shape index (κ3) is 5.49. The standard InChI is InChI=1S/C17H24FN3O2S/c1-11(17(23)21-15-4-2-3-12(15)9-19)24-10-16(22)20-14-7-5-13(18)6-8-14/h5-8,11-12,15H,2-4,9-10,19H2,1H3,(H,20,22)(H,21,23). The number of hydrogen-bond donors (Lipinski definition) is 3. The highest BCUT2D eigenvalue weighted by Crippen LogP contribution is 2.25. The smallest absolute Gasteiger partial charge is 0.234 e. The van der Waals surface area contributed by atoms with E-state index in [4.69, 9.17) is 5.73 Å². The van der Waals surface area contributed by atoms with Crippen molar-refractivity contribution < 1.29 is 14.0 Å². The van der Waals surface area contributed by atoms with Crippen molar-refractivity contribution in [1.82, 2.24) is 5.32 Å². The Labute approximate surface area is 145 Å². The Morgan fingerprint density at radius 3 is 2.71 bits per heavy atom. The monoisotopic (exact) mass is 353 g/mol. The number of anilines is 1. The van der Waals surface area contributed by atoms with Crippen molar-refractivity contribution >= 4 is 29.3 Å². The van der Waals surface area contributed by atoms with Gasteiger partial charge in [-0.05, 0) is 56.5 Å². The van der Waals surface area contributed by atoms with Crippen LogP contribution >= 0.6 is 11.8 Å². The van der Waals surface area contributed by atoms with Crippen LogP contribution < -0.4 is 16.4 Å². The van der Waals surface area contributed by atoms with Gasteiger partial charge in [-0.1, -0.05) is 6.42 Å². The minimum Gasteiger partial charge on any atom is -0.352 e. The lowest BCUT2D eigenvalue weighted by Gasteiger charge is -2.21. The maximum atomic E-state index is 12.8. The molecule has 4 N–H and O–H groups in total. The number of nitrogens with one attached hydrogen (secondary N) is 2. The zero-order chi connectivity index (χ0) is 17.5. The highest BCUT2D eigenvalue weighted by atomic mass is 32.2. The summed E-state index contributed by atoms with van der Waals surface area (Å²) in [7, 11) is 0. The normalized spacial score (nSPS) is 21.3. The van der Waals surface area contributed by atoms with E-state index >= 15 is 0 Å². The molecule has 1 aliphatic rings. The van der Waals surface area contributed by atoms with E-state index < -0.39 is 0 Å². The molecular weight excluding hydrogens is 329 g/mol. The number of nitrogens with two attached hydrogens (primary N) is 1. The predicted molar refractivity (Wildman–Crippen MR) is 95.3 cm³/mol. The lowest BCUT2D eigenvalue weighted by molar-refractivity contribution is -0.121. The average molecular weight is 353 g/mol. The molecule has 0 bridgehead atoms. The topological polar surface area (TPSA) is 84.2 Å². The second-order valence-corrected chi connectivity index (χ2v) is 7.38. The number of halogens is 1. The van der Waals surface area contributed by atoms with Crippen LogP contribution in [0.15, 0.2) is 24.3 Å². The van der Waals surface area contributed by atoms with E-state index in [1.807, 2.05) is 0 Å². The molecule has 0 aromatic heterocycles. The minimum atomic E-state index is -0.352. The maximum absolute atomic E-state index is 12.8. The maximum Gasteiger partial charge on any atom is 0.234 e. The molecule has 1 aliphatic carbocycles. The van der Waals surface area contributed by atoms with Gasteiger partial charge >= 0.3 is 0 Å². The van der Waals surface area contributed by atoms with Crippen LogP contribution in [0.25, 0.3) is 0 Å². The van der Waals surface area contributed by atoms with Crippen LogP contribution in [0.3, 0.4) is 0 Å². The summed E-state index contributed by atoms with van der Waals surface area (Å²) in [5.41, 5.74) is 6.26. The zero-order valence-electron chi connectivity index (χ0n) is 13.8. The Kier molecular flexibility index (Phi) is 7.05.